The minimum atomic E-state index is 0.166. The van der Waals surface area contributed by atoms with Gasteiger partial charge in [-0.25, -0.2) is 0 Å². The van der Waals surface area contributed by atoms with E-state index in [-0.39, 0.29) is 6.04 Å². The summed E-state index contributed by atoms with van der Waals surface area (Å²) in [6, 6.07) is 6.42. The fourth-order valence-corrected chi connectivity index (χ4v) is 1.65. The Hall–Kier alpha value is -1.35. The zero-order valence-electron chi connectivity index (χ0n) is 8.54. The van der Waals surface area contributed by atoms with Gasteiger partial charge < -0.3 is 5.73 Å². The second kappa shape index (κ2) is 3.42. The Labute approximate surface area is 83.3 Å². The number of nitrogens with two attached hydrogens (primary N) is 1. The molecule has 0 bridgehead atoms. The zero-order chi connectivity index (χ0) is 10.1. The van der Waals surface area contributed by atoms with Crippen LogP contribution in [0.1, 0.15) is 18.2 Å². The molecular formula is C11H15N3. The minimum Gasteiger partial charge on any atom is -0.328 e. The van der Waals surface area contributed by atoms with Gasteiger partial charge in [0, 0.05) is 23.5 Å². The fourth-order valence-electron chi connectivity index (χ4n) is 1.65. The molecule has 0 aliphatic carbocycles. The summed E-state index contributed by atoms with van der Waals surface area (Å²) in [7, 11) is 0. The third-order valence-electron chi connectivity index (χ3n) is 2.31. The Morgan fingerprint density at radius 1 is 1.50 bits per heavy atom. The maximum atomic E-state index is 5.76. The van der Waals surface area contributed by atoms with Gasteiger partial charge in [-0.2, -0.15) is 5.10 Å². The summed E-state index contributed by atoms with van der Waals surface area (Å²) in [5, 5.41) is 8.47. The summed E-state index contributed by atoms with van der Waals surface area (Å²) in [6.45, 7) is 4.09. The van der Waals surface area contributed by atoms with Crippen molar-refractivity contribution in [1.82, 2.24) is 10.2 Å². The van der Waals surface area contributed by atoms with Crippen LogP contribution < -0.4 is 5.73 Å². The van der Waals surface area contributed by atoms with Crippen molar-refractivity contribution in [1.29, 1.82) is 0 Å². The average Bonchev–Trinajstić information content (AvgIpc) is 2.47. The molecule has 0 aliphatic heterocycles. The van der Waals surface area contributed by atoms with Crippen LogP contribution >= 0.6 is 0 Å². The number of aryl methyl sites for hydroxylation is 1. The van der Waals surface area contributed by atoms with Gasteiger partial charge in [0.25, 0.3) is 0 Å². The van der Waals surface area contributed by atoms with Crippen LogP contribution in [-0.4, -0.2) is 16.2 Å². The molecule has 1 atom stereocenters. The maximum Gasteiger partial charge on any atom is 0.0923 e. The third-order valence-corrected chi connectivity index (χ3v) is 2.31. The van der Waals surface area contributed by atoms with Gasteiger partial charge in [0.05, 0.1) is 5.52 Å². The largest absolute Gasteiger partial charge is 0.328 e. The normalized spacial score (nSPS) is 13.4. The molecule has 0 radical (unpaired) electrons. The van der Waals surface area contributed by atoms with E-state index in [9.17, 15) is 0 Å². The predicted molar refractivity (Wildman–Crippen MR) is 58.2 cm³/mol. The van der Waals surface area contributed by atoms with Gasteiger partial charge in [0.2, 0.25) is 0 Å². The Morgan fingerprint density at radius 2 is 2.29 bits per heavy atom. The highest BCUT2D eigenvalue weighted by molar-refractivity contribution is 5.82. The molecule has 0 spiro atoms. The Morgan fingerprint density at radius 3 is 3.00 bits per heavy atom. The van der Waals surface area contributed by atoms with Gasteiger partial charge in [-0.1, -0.05) is 11.6 Å². The number of H-pyrrole nitrogens is 1. The number of hydrogen-bond donors (Lipinski definition) is 2. The molecule has 3 nitrogen and oxygen atoms in total. The first-order valence-electron chi connectivity index (χ1n) is 4.86. The van der Waals surface area contributed by atoms with Crippen molar-refractivity contribution in [3.05, 3.63) is 29.5 Å². The highest BCUT2D eigenvalue weighted by Gasteiger charge is 2.06. The van der Waals surface area contributed by atoms with Crippen molar-refractivity contribution in [3.8, 4) is 0 Å². The molecule has 0 fully saturated rings. The molecular weight excluding hydrogens is 174 g/mol. The molecule has 1 heterocycles. The molecule has 2 aromatic rings. The molecule has 0 amide bonds. The van der Waals surface area contributed by atoms with E-state index >= 15 is 0 Å². The summed E-state index contributed by atoms with van der Waals surface area (Å²) < 4.78 is 0. The van der Waals surface area contributed by atoms with Crippen molar-refractivity contribution >= 4 is 10.9 Å². The standard InChI is InChI=1S/C11H15N3/c1-7-3-4-10-9(5-7)11(14-13-10)6-8(2)12/h3-5,8H,6,12H2,1-2H3,(H,13,14). The molecule has 3 heteroatoms. The van der Waals surface area contributed by atoms with E-state index in [2.05, 4.69) is 29.3 Å². The second-order valence-corrected chi connectivity index (χ2v) is 3.90. The van der Waals surface area contributed by atoms with E-state index in [0.717, 1.165) is 17.6 Å². The second-order valence-electron chi connectivity index (χ2n) is 3.90. The lowest BCUT2D eigenvalue weighted by Crippen LogP contribution is -2.18. The lowest BCUT2D eigenvalue weighted by molar-refractivity contribution is 0.722. The van der Waals surface area contributed by atoms with Crippen LogP contribution in [0.4, 0.5) is 0 Å². The molecule has 1 aromatic carbocycles. The summed E-state index contributed by atoms with van der Waals surface area (Å²) >= 11 is 0. The number of aromatic nitrogens is 2. The number of fused-ring (bicyclic) bond motifs is 1. The number of aromatic amines is 1. The predicted octanol–water partition coefficient (Wildman–Crippen LogP) is 1.76. The van der Waals surface area contributed by atoms with Crippen LogP contribution in [0.15, 0.2) is 18.2 Å². The van der Waals surface area contributed by atoms with E-state index in [1.54, 1.807) is 0 Å². The van der Waals surface area contributed by atoms with Crippen molar-refractivity contribution in [3.63, 3.8) is 0 Å². The summed E-state index contributed by atoms with van der Waals surface area (Å²) in [6.07, 6.45) is 0.847. The highest BCUT2D eigenvalue weighted by atomic mass is 15.1. The number of benzene rings is 1. The topological polar surface area (TPSA) is 54.7 Å². The fraction of sp³-hybridized carbons (Fsp3) is 0.364. The first kappa shape index (κ1) is 9.21. The van der Waals surface area contributed by atoms with E-state index in [1.165, 1.54) is 10.9 Å². The van der Waals surface area contributed by atoms with Crippen molar-refractivity contribution in [2.45, 2.75) is 26.3 Å². The number of nitrogens with one attached hydrogen (secondary N) is 1. The van der Waals surface area contributed by atoms with Crippen LogP contribution in [-0.2, 0) is 6.42 Å². The van der Waals surface area contributed by atoms with Crippen molar-refractivity contribution in [2.24, 2.45) is 5.73 Å². The van der Waals surface area contributed by atoms with E-state index in [1.807, 2.05) is 13.0 Å². The Bertz CT molecular complexity index is 443. The molecule has 1 aromatic heterocycles. The first-order chi connectivity index (χ1) is 6.66. The minimum absolute atomic E-state index is 0.166. The van der Waals surface area contributed by atoms with Crippen LogP contribution in [0.2, 0.25) is 0 Å². The van der Waals surface area contributed by atoms with Crippen molar-refractivity contribution in [2.75, 3.05) is 0 Å². The molecule has 0 saturated heterocycles. The lowest BCUT2D eigenvalue weighted by Gasteiger charge is -2.02. The SMILES string of the molecule is Cc1ccc2n[nH]c(CC(C)N)c2c1. The molecule has 3 N–H and O–H groups in total. The van der Waals surface area contributed by atoms with Gasteiger partial charge in [-0.3, -0.25) is 5.10 Å². The quantitative estimate of drug-likeness (QED) is 0.756. The maximum absolute atomic E-state index is 5.76. The van der Waals surface area contributed by atoms with Crippen LogP contribution in [0, 0.1) is 6.92 Å². The van der Waals surface area contributed by atoms with Gasteiger partial charge in [-0.05, 0) is 26.0 Å². The summed E-state index contributed by atoms with van der Waals surface area (Å²) in [4.78, 5) is 0. The smallest absolute Gasteiger partial charge is 0.0923 e. The third kappa shape index (κ3) is 1.63. The van der Waals surface area contributed by atoms with Crippen molar-refractivity contribution < 1.29 is 0 Å². The van der Waals surface area contributed by atoms with Gasteiger partial charge in [0.15, 0.2) is 0 Å². The molecule has 1 unspecified atom stereocenters. The highest BCUT2D eigenvalue weighted by Crippen LogP contribution is 2.18. The molecule has 14 heavy (non-hydrogen) atoms. The van der Waals surface area contributed by atoms with E-state index in [0.29, 0.717) is 0 Å². The van der Waals surface area contributed by atoms with Gasteiger partial charge >= 0.3 is 0 Å². The Balaban J connectivity index is 2.50. The molecule has 0 saturated carbocycles. The van der Waals surface area contributed by atoms with Gasteiger partial charge in [-0.15, -0.1) is 0 Å². The number of hydrogen-bond acceptors (Lipinski definition) is 2. The monoisotopic (exact) mass is 189 g/mol. The molecule has 2 rings (SSSR count). The van der Waals surface area contributed by atoms with E-state index in [4.69, 9.17) is 5.73 Å². The van der Waals surface area contributed by atoms with E-state index < -0.39 is 0 Å². The zero-order valence-corrected chi connectivity index (χ0v) is 8.54. The van der Waals surface area contributed by atoms with Crippen LogP contribution in [0.25, 0.3) is 10.9 Å². The van der Waals surface area contributed by atoms with Gasteiger partial charge in [0.1, 0.15) is 0 Å². The summed E-state index contributed by atoms with van der Waals surface area (Å²) in [5.74, 6) is 0. The van der Waals surface area contributed by atoms with Crippen LogP contribution in [0.5, 0.6) is 0 Å². The first-order valence-corrected chi connectivity index (χ1v) is 4.86. The number of rotatable bonds is 2. The molecule has 74 valence electrons. The molecule has 0 aliphatic rings. The summed E-state index contributed by atoms with van der Waals surface area (Å²) in [5.41, 5.74) is 9.18. The number of nitrogens with zero attached hydrogens (tertiary/aromatic N) is 1. The lowest BCUT2D eigenvalue weighted by atomic mass is 10.1. The Kier molecular flexibility index (Phi) is 2.25. The van der Waals surface area contributed by atoms with Crippen LogP contribution in [0.3, 0.4) is 0 Å². The average molecular weight is 189 g/mol.